The highest BCUT2D eigenvalue weighted by Crippen LogP contribution is 2.28. The number of rotatable bonds is 6. The molecule has 0 unspecified atom stereocenters. The van der Waals surface area contributed by atoms with Crippen LogP contribution in [0.1, 0.15) is 31.6 Å². The summed E-state index contributed by atoms with van der Waals surface area (Å²) in [5, 5.41) is 18.6. The molecule has 0 saturated carbocycles. The highest BCUT2D eigenvalue weighted by Gasteiger charge is 2.09. The van der Waals surface area contributed by atoms with Crippen molar-refractivity contribution in [2.45, 2.75) is 33.2 Å². The fourth-order valence-electron chi connectivity index (χ4n) is 1.39. The Kier molecular flexibility index (Phi) is 5.55. The fourth-order valence-corrected chi connectivity index (χ4v) is 2.66. The van der Waals surface area contributed by atoms with Gasteiger partial charge in [0.1, 0.15) is 0 Å². The standard InChI is InChI=1S/C12H17NO3S2/c1-8(2)5-6-9-11(16)13(12(17)18-9)7-3-4-10(14)15/h5-6,8,16H,3-4,7H2,1-2H3,(H,14,15). The van der Waals surface area contributed by atoms with E-state index in [4.69, 9.17) is 17.3 Å². The van der Waals surface area contributed by atoms with Crippen molar-refractivity contribution < 1.29 is 15.0 Å². The van der Waals surface area contributed by atoms with Gasteiger partial charge in [0.25, 0.3) is 0 Å². The first-order valence-electron chi connectivity index (χ1n) is 5.74. The van der Waals surface area contributed by atoms with Gasteiger partial charge in [-0.2, -0.15) is 0 Å². The van der Waals surface area contributed by atoms with Gasteiger partial charge in [-0.25, -0.2) is 0 Å². The van der Waals surface area contributed by atoms with Gasteiger partial charge in [0.15, 0.2) is 3.95 Å². The van der Waals surface area contributed by atoms with Crippen LogP contribution in [0.25, 0.3) is 6.08 Å². The molecule has 2 N–H and O–H groups in total. The van der Waals surface area contributed by atoms with Crippen molar-refractivity contribution in [3.8, 4) is 5.88 Å². The van der Waals surface area contributed by atoms with E-state index >= 15 is 0 Å². The summed E-state index contributed by atoms with van der Waals surface area (Å²) in [5.41, 5.74) is 0. The Hall–Kier alpha value is -1.14. The predicted molar refractivity (Wildman–Crippen MR) is 75.5 cm³/mol. The fraction of sp³-hybridized carbons (Fsp3) is 0.500. The van der Waals surface area contributed by atoms with Crippen molar-refractivity contribution in [1.29, 1.82) is 0 Å². The summed E-state index contributed by atoms with van der Waals surface area (Å²) in [7, 11) is 0. The van der Waals surface area contributed by atoms with E-state index in [-0.39, 0.29) is 12.3 Å². The highest BCUT2D eigenvalue weighted by atomic mass is 32.1. The number of allylic oxidation sites excluding steroid dienone is 1. The third-order valence-corrected chi connectivity index (χ3v) is 3.70. The van der Waals surface area contributed by atoms with Crippen molar-refractivity contribution in [1.82, 2.24) is 4.57 Å². The van der Waals surface area contributed by atoms with Crippen LogP contribution in [0.15, 0.2) is 6.08 Å². The molecule has 0 saturated heterocycles. The number of nitrogens with zero attached hydrogens (tertiary/aromatic N) is 1. The van der Waals surface area contributed by atoms with Crippen LogP contribution in [-0.4, -0.2) is 20.7 Å². The Morgan fingerprint density at radius 3 is 2.78 bits per heavy atom. The molecule has 18 heavy (non-hydrogen) atoms. The van der Waals surface area contributed by atoms with Crippen LogP contribution in [0.2, 0.25) is 0 Å². The van der Waals surface area contributed by atoms with E-state index in [1.54, 1.807) is 4.57 Å². The van der Waals surface area contributed by atoms with Crippen LogP contribution in [0.5, 0.6) is 5.88 Å². The first-order valence-corrected chi connectivity index (χ1v) is 6.97. The molecule has 0 aliphatic carbocycles. The first kappa shape index (κ1) is 14.9. The van der Waals surface area contributed by atoms with E-state index in [0.29, 0.717) is 22.8 Å². The molecule has 1 aromatic heterocycles. The lowest BCUT2D eigenvalue weighted by Crippen LogP contribution is -2.01. The largest absolute Gasteiger partial charge is 0.493 e. The Labute approximate surface area is 115 Å². The molecule has 6 heteroatoms. The number of aromatic hydroxyl groups is 1. The molecule has 0 aliphatic heterocycles. The molecule has 0 aliphatic rings. The number of hydrogen-bond acceptors (Lipinski definition) is 4. The second kappa shape index (κ2) is 6.70. The molecule has 0 atom stereocenters. The van der Waals surface area contributed by atoms with Crippen molar-refractivity contribution >= 4 is 35.6 Å². The lowest BCUT2D eigenvalue weighted by atomic mass is 10.2. The molecule has 4 nitrogen and oxygen atoms in total. The van der Waals surface area contributed by atoms with Gasteiger partial charge in [-0.15, -0.1) is 11.3 Å². The maximum absolute atomic E-state index is 10.4. The number of carboxylic acids is 1. The van der Waals surface area contributed by atoms with Crippen molar-refractivity contribution in [2.24, 2.45) is 5.92 Å². The van der Waals surface area contributed by atoms with Crippen LogP contribution in [0.3, 0.4) is 0 Å². The summed E-state index contributed by atoms with van der Waals surface area (Å²) in [5.74, 6) is -0.302. The van der Waals surface area contributed by atoms with Gasteiger partial charge < -0.3 is 10.2 Å². The number of hydrogen-bond donors (Lipinski definition) is 2. The minimum absolute atomic E-state index is 0.0776. The van der Waals surface area contributed by atoms with Crippen molar-refractivity contribution in [3.63, 3.8) is 0 Å². The second-order valence-corrected chi connectivity index (χ2v) is 5.98. The topological polar surface area (TPSA) is 62.5 Å². The summed E-state index contributed by atoms with van der Waals surface area (Å²) >= 11 is 6.49. The summed E-state index contributed by atoms with van der Waals surface area (Å²) in [6, 6.07) is 0. The molecule has 0 radical (unpaired) electrons. The van der Waals surface area contributed by atoms with Gasteiger partial charge in [0.2, 0.25) is 5.88 Å². The Morgan fingerprint density at radius 1 is 1.56 bits per heavy atom. The minimum Gasteiger partial charge on any atom is -0.493 e. The van der Waals surface area contributed by atoms with Crippen LogP contribution < -0.4 is 0 Å². The quantitative estimate of drug-likeness (QED) is 0.786. The third-order valence-electron chi connectivity index (χ3n) is 2.30. The number of thiazole rings is 1. The number of aliphatic carboxylic acids is 1. The summed E-state index contributed by atoms with van der Waals surface area (Å²) < 4.78 is 2.16. The lowest BCUT2D eigenvalue weighted by Gasteiger charge is -2.03. The molecule has 0 fully saturated rings. The first-order chi connectivity index (χ1) is 8.41. The van der Waals surface area contributed by atoms with Crippen LogP contribution in [0.4, 0.5) is 0 Å². The van der Waals surface area contributed by atoms with E-state index < -0.39 is 5.97 Å². The zero-order valence-corrected chi connectivity index (χ0v) is 12.1. The van der Waals surface area contributed by atoms with E-state index in [1.807, 2.05) is 12.2 Å². The average Bonchev–Trinajstić information content (AvgIpc) is 2.53. The number of carboxylic acid groups (broad SMARTS) is 1. The van der Waals surface area contributed by atoms with Crippen molar-refractivity contribution in [3.05, 3.63) is 14.9 Å². The molecule has 0 aromatic carbocycles. The molecule has 0 spiro atoms. The van der Waals surface area contributed by atoms with E-state index in [2.05, 4.69) is 13.8 Å². The maximum atomic E-state index is 10.4. The van der Waals surface area contributed by atoms with Crippen molar-refractivity contribution in [2.75, 3.05) is 0 Å². The van der Waals surface area contributed by atoms with Gasteiger partial charge in [0.05, 0.1) is 4.88 Å². The molecular formula is C12H17NO3S2. The number of carbonyl (C=O) groups is 1. The molecule has 1 heterocycles. The molecule has 1 rings (SSSR count). The monoisotopic (exact) mass is 287 g/mol. The molecule has 100 valence electrons. The Balaban J connectivity index is 2.81. The van der Waals surface area contributed by atoms with Crippen LogP contribution in [0, 0.1) is 9.87 Å². The predicted octanol–water partition coefficient (Wildman–Crippen LogP) is 3.52. The normalized spacial score (nSPS) is 11.5. The maximum Gasteiger partial charge on any atom is 0.303 e. The SMILES string of the molecule is CC(C)C=Cc1sc(=S)n(CCCC(=O)O)c1O. The van der Waals surface area contributed by atoms with Gasteiger partial charge in [-0.1, -0.05) is 19.9 Å². The second-order valence-electron chi connectivity index (χ2n) is 4.31. The lowest BCUT2D eigenvalue weighted by molar-refractivity contribution is -0.137. The molecular weight excluding hydrogens is 270 g/mol. The number of aromatic nitrogens is 1. The Morgan fingerprint density at radius 2 is 2.22 bits per heavy atom. The average molecular weight is 287 g/mol. The zero-order chi connectivity index (χ0) is 13.7. The smallest absolute Gasteiger partial charge is 0.303 e. The van der Waals surface area contributed by atoms with Gasteiger partial charge >= 0.3 is 5.97 Å². The zero-order valence-electron chi connectivity index (χ0n) is 10.4. The van der Waals surface area contributed by atoms with Gasteiger partial charge in [-0.05, 0) is 30.6 Å². The molecule has 0 bridgehead atoms. The minimum atomic E-state index is -0.837. The summed E-state index contributed by atoms with van der Waals surface area (Å²) in [6.07, 6.45) is 4.38. The van der Waals surface area contributed by atoms with Crippen LogP contribution >= 0.6 is 23.6 Å². The van der Waals surface area contributed by atoms with E-state index in [1.165, 1.54) is 11.3 Å². The third kappa shape index (κ3) is 4.27. The van der Waals surface area contributed by atoms with Gasteiger partial charge in [0, 0.05) is 13.0 Å². The molecule has 0 amide bonds. The van der Waals surface area contributed by atoms with Gasteiger partial charge in [-0.3, -0.25) is 9.36 Å². The Bertz CT molecular complexity index is 500. The van der Waals surface area contributed by atoms with E-state index in [9.17, 15) is 9.90 Å². The van der Waals surface area contributed by atoms with Crippen LogP contribution in [-0.2, 0) is 11.3 Å². The molecule has 1 aromatic rings. The highest BCUT2D eigenvalue weighted by molar-refractivity contribution is 7.73. The van der Waals surface area contributed by atoms with E-state index in [0.717, 1.165) is 4.88 Å². The summed E-state index contributed by atoms with van der Waals surface area (Å²) in [6.45, 7) is 4.54. The summed E-state index contributed by atoms with van der Waals surface area (Å²) in [4.78, 5) is 11.2.